The summed E-state index contributed by atoms with van der Waals surface area (Å²) in [4.78, 5) is 0. The van der Waals surface area contributed by atoms with Crippen molar-refractivity contribution < 1.29 is 0 Å². The minimum atomic E-state index is 0.588. The first-order valence-electron chi connectivity index (χ1n) is 4.69. The van der Waals surface area contributed by atoms with Crippen LogP contribution in [0, 0.1) is 0 Å². The second-order valence-corrected chi connectivity index (χ2v) is 4.20. The first kappa shape index (κ1) is 6.76. The molecule has 0 nitrogen and oxygen atoms in total. The van der Waals surface area contributed by atoms with Gasteiger partial charge in [0.2, 0.25) is 0 Å². The van der Waals surface area contributed by atoms with Crippen LogP contribution in [0.15, 0.2) is 18.2 Å². The van der Waals surface area contributed by atoms with E-state index in [1.165, 1.54) is 25.7 Å². The molecule has 0 bridgehead atoms. The fourth-order valence-electron chi connectivity index (χ4n) is 2.48. The average Bonchev–Trinajstić information content (AvgIpc) is 2.74. The monoisotopic (exact) mass is 154 g/mol. The highest BCUT2D eigenvalue weighted by Gasteiger charge is 2.48. The maximum Gasteiger partial charge on any atom is 0.113 e. The van der Waals surface area contributed by atoms with Crippen molar-refractivity contribution in [2.75, 3.05) is 0 Å². The molecule has 1 aromatic rings. The minimum absolute atomic E-state index is 0.588. The van der Waals surface area contributed by atoms with Crippen molar-refractivity contribution in [2.45, 2.75) is 31.1 Å². The van der Waals surface area contributed by atoms with E-state index in [4.69, 9.17) is 7.85 Å². The third-order valence-corrected chi connectivity index (χ3v) is 3.43. The first-order chi connectivity index (χ1) is 5.80. The summed E-state index contributed by atoms with van der Waals surface area (Å²) in [6, 6.07) is 6.42. The van der Waals surface area contributed by atoms with E-state index in [1.54, 1.807) is 11.1 Å². The SMILES string of the molecule is [B]c1ccc2c(c1)C1(CC2)CC1. The molecular weight excluding hydrogens is 143 g/mol. The van der Waals surface area contributed by atoms with Gasteiger partial charge in [0.1, 0.15) is 7.85 Å². The summed E-state index contributed by atoms with van der Waals surface area (Å²) >= 11 is 0. The zero-order chi connectivity index (χ0) is 8.18. The van der Waals surface area contributed by atoms with Crippen molar-refractivity contribution in [3.05, 3.63) is 29.3 Å². The number of rotatable bonds is 0. The van der Waals surface area contributed by atoms with Crippen LogP contribution in [0.25, 0.3) is 0 Å². The smallest absolute Gasteiger partial charge is 0.0964 e. The van der Waals surface area contributed by atoms with E-state index in [9.17, 15) is 0 Å². The van der Waals surface area contributed by atoms with Crippen molar-refractivity contribution in [3.8, 4) is 0 Å². The highest BCUT2D eigenvalue weighted by Crippen LogP contribution is 2.56. The Labute approximate surface area is 74.4 Å². The molecule has 0 atom stereocenters. The lowest BCUT2D eigenvalue weighted by molar-refractivity contribution is 0.681. The van der Waals surface area contributed by atoms with E-state index in [2.05, 4.69) is 12.1 Å². The lowest BCUT2D eigenvalue weighted by Crippen LogP contribution is -2.07. The Morgan fingerprint density at radius 1 is 1.17 bits per heavy atom. The number of aryl methyl sites for hydroxylation is 1. The van der Waals surface area contributed by atoms with E-state index in [-0.39, 0.29) is 0 Å². The van der Waals surface area contributed by atoms with E-state index < -0.39 is 0 Å². The van der Waals surface area contributed by atoms with Crippen LogP contribution in [0.4, 0.5) is 0 Å². The molecule has 0 aliphatic heterocycles. The maximum atomic E-state index is 5.78. The molecule has 1 aromatic carbocycles. The first-order valence-corrected chi connectivity index (χ1v) is 4.69. The Bertz CT molecular complexity index is 337. The van der Waals surface area contributed by atoms with Crippen LogP contribution >= 0.6 is 0 Å². The van der Waals surface area contributed by atoms with Crippen LogP contribution in [0.3, 0.4) is 0 Å². The van der Waals surface area contributed by atoms with Crippen LogP contribution in [0.5, 0.6) is 0 Å². The lowest BCUT2D eigenvalue weighted by Gasteiger charge is -2.08. The largest absolute Gasteiger partial charge is 0.113 e. The molecule has 2 radical (unpaired) electrons. The number of hydrogen-bond acceptors (Lipinski definition) is 0. The Morgan fingerprint density at radius 2 is 2.00 bits per heavy atom. The fraction of sp³-hybridized carbons (Fsp3) is 0.455. The van der Waals surface area contributed by atoms with E-state index in [0.717, 1.165) is 5.46 Å². The van der Waals surface area contributed by atoms with Gasteiger partial charge in [-0.2, -0.15) is 0 Å². The molecule has 1 heteroatoms. The highest BCUT2D eigenvalue weighted by molar-refractivity contribution is 6.32. The van der Waals surface area contributed by atoms with Crippen molar-refractivity contribution >= 4 is 13.3 Å². The van der Waals surface area contributed by atoms with Gasteiger partial charge in [0.25, 0.3) is 0 Å². The molecule has 2 aliphatic rings. The fourth-order valence-corrected chi connectivity index (χ4v) is 2.48. The molecule has 0 unspecified atom stereocenters. The van der Waals surface area contributed by atoms with Gasteiger partial charge in [-0.15, -0.1) is 0 Å². The number of benzene rings is 1. The van der Waals surface area contributed by atoms with Crippen molar-refractivity contribution in [3.63, 3.8) is 0 Å². The zero-order valence-corrected chi connectivity index (χ0v) is 7.14. The summed E-state index contributed by atoms with van der Waals surface area (Å²) in [6.45, 7) is 0. The standard InChI is InChI=1S/C11H11B/c12-9-2-1-8-3-4-11(5-6-11)10(8)7-9/h1-2,7H,3-6H2. The van der Waals surface area contributed by atoms with Crippen LogP contribution in [-0.4, -0.2) is 7.85 Å². The maximum absolute atomic E-state index is 5.78. The van der Waals surface area contributed by atoms with Gasteiger partial charge in [0, 0.05) is 0 Å². The van der Waals surface area contributed by atoms with Gasteiger partial charge in [-0.1, -0.05) is 23.7 Å². The van der Waals surface area contributed by atoms with Crippen molar-refractivity contribution in [1.29, 1.82) is 0 Å². The van der Waals surface area contributed by atoms with Crippen LogP contribution in [0.1, 0.15) is 30.4 Å². The molecule has 1 fully saturated rings. The van der Waals surface area contributed by atoms with E-state index >= 15 is 0 Å². The normalized spacial score (nSPS) is 22.7. The molecule has 0 amide bonds. The molecular formula is C11H11B. The van der Waals surface area contributed by atoms with Crippen LogP contribution < -0.4 is 5.46 Å². The number of fused-ring (bicyclic) bond motifs is 2. The number of hydrogen-bond donors (Lipinski definition) is 0. The molecule has 0 saturated heterocycles. The van der Waals surface area contributed by atoms with Gasteiger partial charge in [-0.25, -0.2) is 0 Å². The van der Waals surface area contributed by atoms with Crippen LogP contribution in [-0.2, 0) is 11.8 Å². The Morgan fingerprint density at radius 3 is 2.75 bits per heavy atom. The molecule has 12 heavy (non-hydrogen) atoms. The molecule has 1 saturated carbocycles. The summed E-state index contributed by atoms with van der Waals surface area (Å²) in [7, 11) is 5.78. The zero-order valence-electron chi connectivity index (χ0n) is 7.14. The summed E-state index contributed by atoms with van der Waals surface area (Å²) in [5.41, 5.74) is 4.62. The Balaban J connectivity index is 2.20. The summed E-state index contributed by atoms with van der Waals surface area (Å²) in [5.74, 6) is 0. The summed E-state index contributed by atoms with van der Waals surface area (Å²) in [5, 5.41) is 0. The molecule has 0 heterocycles. The van der Waals surface area contributed by atoms with Gasteiger partial charge < -0.3 is 0 Å². The Hall–Kier alpha value is -0.715. The molecule has 0 N–H and O–H groups in total. The predicted molar refractivity (Wildman–Crippen MR) is 51.1 cm³/mol. The third kappa shape index (κ3) is 0.743. The second-order valence-electron chi connectivity index (χ2n) is 4.20. The third-order valence-electron chi connectivity index (χ3n) is 3.43. The van der Waals surface area contributed by atoms with E-state index in [0.29, 0.717) is 5.41 Å². The molecule has 2 aliphatic carbocycles. The molecule has 0 aromatic heterocycles. The van der Waals surface area contributed by atoms with Gasteiger partial charge >= 0.3 is 0 Å². The summed E-state index contributed by atoms with van der Waals surface area (Å²) in [6.07, 6.45) is 5.42. The molecule has 3 rings (SSSR count). The average molecular weight is 154 g/mol. The predicted octanol–water partition coefficient (Wildman–Crippen LogP) is 1.46. The van der Waals surface area contributed by atoms with Gasteiger partial charge in [-0.3, -0.25) is 0 Å². The highest BCUT2D eigenvalue weighted by atomic mass is 14.5. The van der Waals surface area contributed by atoms with Gasteiger partial charge in [0.05, 0.1) is 0 Å². The van der Waals surface area contributed by atoms with Crippen molar-refractivity contribution in [2.24, 2.45) is 0 Å². The van der Waals surface area contributed by atoms with Crippen LogP contribution in [0.2, 0.25) is 0 Å². The van der Waals surface area contributed by atoms with Gasteiger partial charge in [0.15, 0.2) is 0 Å². The van der Waals surface area contributed by atoms with E-state index in [1.807, 2.05) is 6.07 Å². The topological polar surface area (TPSA) is 0 Å². The second kappa shape index (κ2) is 1.96. The Kier molecular flexibility index (Phi) is 1.10. The minimum Gasteiger partial charge on any atom is -0.0964 e. The molecule has 58 valence electrons. The quantitative estimate of drug-likeness (QED) is 0.496. The molecule has 1 spiro atoms. The van der Waals surface area contributed by atoms with Gasteiger partial charge in [-0.05, 0) is 42.2 Å². The van der Waals surface area contributed by atoms with Crippen molar-refractivity contribution in [1.82, 2.24) is 0 Å². The lowest BCUT2D eigenvalue weighted by atomic mass is 9.89. The summed E-state index contributed by atoms with van der Waals surface area (Å²) < 4.78 is 0.